The molecule has 1 N–H and O–H groups in total. The Bertz CT molecular complexity index is 1350. The third kappa shape index (κ3) is 5.40. The summed E-state index contributed by atoms with van der Waals surface area (Å²) in [4.78, 5) is 38.0. The molecule has 4 rings (SSSR count). The summed E-state index contributed by atoms with van der Waals surface area (Å²) >= 11 is 0. The molecule has 2 aromatic carbocycles. The maximum Gasteiger partial charge on any atom is 0.322 e. The Balaban J connectivity index is 1.74. The first-order valence-electron chi connectivity index (χ1n) is 12.1. The smallest absolute Gasteiger partial charge is 0.314 e. The molecular formula is C28H31N5O2. The van der Waals surface area contributed by atoms with Crippen molar-refractivity contribution < 1.29 is 4.79 Å². The van der Waals surface area contributed by atoms with Crippen molar-refractivity contribution in [1.29, 1.82) is 0 Å². The van der Waals surface area contributed by atoms with Crippen molar-refractivity contribution in [2.45, 2.75) is 46.2 Å². The molecule has 180 valence electrons. The first-order chi connectivity index (χ1) is 17.0. The van der Waals surface area contributed by atoms with Gasteiger partial charge in [0.05, 0.1) is 16.9 Å². The van der Waals surface area contributed by atoms with Gasteiger partial charge in [0, 0.05) is 37.1 Å². The largest absolute Gasteiger partial charge is 0.322 e. The molecule has 4 aromatic rings. The highest BCUT2D eigenvalue weighted by atomic mass is 16.2. The van der Waals surface area contributed by atoms with Gasteiger partial charge in [0.1, 0.15) is 5.82 Å². The number of aryl methyl sites for hydroxylation is 1. The molecule has 1 unspecified atom stereocenters. The second-order valence-corrected chi connectivity index (χ2v) is 8.52. The Hall–Kier alpha value is -4.00. The van der Waals surface area contributed by atoms with Crippen LogP contribution in [0.2, 0.25) is 0 Å². The van der Waals surface area contributed by atoms with Crippen molar-refractivity contribution in [3.63, 3.8) is 0 Å². The summed E-state index contributed by atoms with van der Waals surface area (Å²) < 4.78 is 1.68. The number of carbonyl (C=O) groups excluding carboxylic acids is 1. The van der Waals surface area contributed by atoms with Crippen LogP contribution in [0.15, 0.2) is 77.7 Å². The molecule has 7 heteroatoms. The van der Waals surface area contributed by atoms with E-state index in [0.717, 1.165) is 16.9 Å². The van der Waals surface area contributed by atoms with Gasteiger partial charge < -0.3 is 10.2 Å². The maximum absolute atomic E-state index is 13.6. The van der Waals surface area contributed by atoms with Gasteiger partial charge in [-0.1, -0.05) is 42.8 Å². The number of aromatic nitrogens is 3. The highest BCUT2D eigenvalue weighted by Gasteiger charge is 2.28. The van der Waals surface area contributed by atoms with Gasteiger partial charge in [0.2, 0.25) is 0 Å². The number of nitrogens with one attached hydrogen (secondary N) is 1. The second-order valence-electron chi connectivity index (χ2n) is 8.52. The Labute approximate surface area is 205 Å². The molecule has 2 aromatic heterocycles. The van der Waals surface area contributed by atoms with E-state index in [4.69, 9.17) is 4.98 Å². The van der Waals surface area contributed by atoms with Crippen molar-refractivity contribution in [3.8, 4) is 0 Å². The summed E-state index contributed by atoms with van der Waals surface area (Å²) in [6.07, 6.45) is 2.94. The van der Waals surface area contributed by atoms with E-state index in [2.05, 4.69) is 10.3 Å². The van der Waals surface area contributed by atoms with Gasteiger partial charge in [-0.15, -0.1) is 0 Å². The van der Waals surface area contributed by atoms with Crippen LogP contribution >= 0.6 is 0 Å². The van der Waals surface area contributed by atoms with Crippen LogP contribution in [0, 0.1) is 6.92 Å². The molecule has 0 bridgehead atoms. The number of pyridine rings is 1. The number of hydrogen-bond donors (Lipinski definition) is 1. The molecule has 0 aliphatic rings. The standard InChI is InChI=1S/C28H31N5O2/c1-4-25(26-31-24-12-7-6-11-23(24)27(34)32(26)5-2)33(19-17-21-10-8-9-18-29-21)28(35)30-22-15-13-20(3)14-16-22/h6-16,18,25H,4-5,17,19H2,1-3H3,(H,30,35). The van der Waals surface area contributed by atoms with Gasteiger partial charge in [-0.05, 0) is 56.7 Å². The molecule has 0 radical (unpaired) electrons. The van der Waals surface area contributed by atoms with Crippen molar-refractivity contribution >= 4 is 22.6 Å². The van der Waals surface area contributed by atoms with Crippen LogP contribution in [0.1, 0.15) is 43.4 Å². The minimum absolute atomic E-state index is 0.0878. The summed E-state index contributed by atoms with van der Waals surface area (Å²) in [7, 11) is 0. The third-order valence-corrected chi connectivity index (χ3v) is 6.17. The summed E-state index contributed by atoms with van der Waals surface area (Å²) in [5, 5.41) is 3.61. The summed E-state index contributed by atoms with van der Waals surface area (Å²) in [6.45, 7) is 6.85. The second kappa shape index (κ2) is 11.0. The highest BCUT2D eigenvalue weighted by molar-refractivity contribution is 5.89. The first kappa shape index (κ1) is 24.1. The molecule has 35 heavy (non-hydrogen) atoms. The summed E-state index contributed by atoms with van der Waals surface area (Å²) in [6, 6.07) is 20.2. The molecule has 0 aliphatic carbocycles. The van der Waals surface area contributed by atoms with Gasteiger partial charge >= 0.3 is 6.03 Å². The molecule has 0 aliphatic heterocycles. The van der Waals surface area contributed by atoms with Gasteiger partial charge in [0.15, 0.2) is 0 Å². The van der Waals surface area contributed by atoms with Crippen LogP contribution in [0.5, 0.6) is 0 Å². The van der Waals surface area contributed by atoms with Gasteiger partial charge in [-0.25, -0.2) is 9.78 Å². The third-order valence-electron chi connectivity index (χ3n) is 6.17. The molecule has 0 spiro atoms. The number of hydrogen-bond acceptors (Lipinski definition) is 4. The first-order valence-corrected chi connectivity index (χ1v) is 12.1. The van der Waals surface area contributed by atoms with E-state index in [0.29, 0.717) is 42.7 Å². The lowest BCUT2D eigenvalue weighted by Crippen LogP contribution is -2.42. The maximum atomic E-state index is 13.6. The molecular weight excluding hydrogens is 438 g/mol. The Morgan fingerprint density at radius 3 is 2.46 bits per heavy atom. The van der Waals surface area contributed by atoms with E-state index >= 15 is 0 Å². The summed E-state index contributed by atoms with van der Waals surface area (Å²) in [5.41, 5.74) is 3.29. The fourth-order valence-corrected chi connectivity index (χ4v) is 4.30. The number of anilines is 1. The minimum atomic E-state index is -0.388. The average molecular weight is 470 g/mol. The van der Waals surface area contributed by atoms with E-state index in [1.807, 2.05) is 81.4 Å². The lowest BCUT2D eigenvalue weighted by Gasteiger charge is -2.32. The number of nitrogens with zero attached hydrogens (tertiary/aromatic N) is 4. The Morgan fingerprint density at radius 2 is 1.77 bits per heavy atom. The zero-order valence-corrected chi connectivity index (χ0v) is 20.4. The normalized spacial score (nSPS) is 11.9. The van der Waals surface area contributed by atoms with Crippen LogP contribution in [0.25, 0.3) is 10.9 Å². The van der Waals surface area contributed by atoms with Gasteiger partial charge in [-0.2, -0.15) is 0 Å². The van der Waals surface area contributed by atoms with Crippen molar-refractivity contribution in [3.05, 3.63) is 100 Å². The fourth-order valence-electron chi connectivity index (χ4n) is 4.30. The Morgan fingerprint density at radius 1 is 1.03 bits per heavy atom. The van der Waals surface area contributed by atoms with Crippen molar-refractivity contribution in [1.82, 2.24) is 19.4 Å². The number of rotatable bonds is 8. The number of urea groups is 1. The lowest BCUT2D eigenvalue weighted by molar-refractivity contribution is 0.180. The van der Waals surface area contributed by atoms with E-state index < -0.39 is 0 Å². The van der Waals surface area contributed by atoms with E-state index in [9.17, 15) is 9.59 Å². The predicted molar refractivity (Wildman–Crippen MR) is 140 cm³/mol. The van der Waals surface area contributed by atoms with E-state index in [1.54, 1.807) is 21.7 Å². The molecule has 1 atom stereocenters. The Kier molecular flexibility index (Phi) is 7.55. The number of para-hydroxylation sites is 1. The minimum Gasteiger partial charge on any atom is -0.314 e. The topological polar surface area (TPSA) is 80.1 Å². The predicted octanol–water partition coefficient (Wildman–Crippen LogP) is 5.35. The molecule has 0 saturated carbocycles. The van der Waals surface area contributed by atoms with Crippen LogP contribution in [-0.2, 0) is 13.0 Å². The molecule has 2 amide bonds. The van der Waals surface area contributed by atoms with Crippen molar-refractivity contribution in [2.75, 3.05) is 11.9 Å². The van der Waals surface area contributed by atoms with Crippen LogP contribution in [-0.4, -0.2) is 32.0 Å². The average Bonchev–Trinajstić information content (AvgIpc) is 2.88. The SMILES string of the molecule is CCC(c1nc2ccccc2c(=O)n1CC)N(CCc1ccccn1)C(=O)Nc1ccc(C)cc1. The number of benzene rings is 2. The lowest BCUT2D eigenvalue weighted by atomic mass is 10.1. The van der Waals surface area contributed by atoms with Gasteiger partial charge in [-0.3, -0.25) is 14.3 Å². The fraction of sp³-hybridized carbons (Fsp3) is 0.286. The number of amides is 2. The number of fused-ring (bicyclic) bond motifs is 1. The summed E-state index contributed by atoms with van der Waals surface area (Å²) in [5.74, 6) is 0.596. The van der Waals surface area contributed by atoms with Crippen molar-refractivity contribution in [2.24, 2.45) is 0 Å². The number of carbonyl (C=O) groups is 1. The van der Waals surface area contributed by atoms with Crippen LogP contribution < -0.4 is 10.9 Å². The van der Waals surface area contributed by atoms with Gasteiger partial charge in [0.25, 0.3) is 5.56 Å². The quantitative estimate of drug-likeness (QED) is 0.377. The van der Waals surface area contributed by atoms with Crippen LogP contribution in [0.4, 0.5) is 10.5 Å². The van der Waals surface area contributed by atoms with E-state index in [-0.39, 0.29) is 17.6 Å². The molecule has 0 fully saturated rings. The molecule has 7 nitrogen and oxygen atoms in total. The monoisotopic (exact) mass is 469 g/mol. The molecule has 0 saturated heterocycles. The van der Waals surface area contributed by atoms with Crippen LogP contribution in [0.3, 0.4) is 0 Å². The van der Waals surface area contributed by atoms with E-state index in [1.165, 1.54) is 0 Å². The zero-order chi connectivity index (χ0) is 24.8. The zero-order valence-electron chi connectivity index (χ0n) is 20.4. The molecule has 2 heterocycles. The highest BCUT2D eigenvalue weighted by Crippen LogP contribution is 2.25.